The molecule has 0 atom stereocenters. The normalized spacial score (nSPS) is 10.2. The summed E-state index contributed by atoms with van der Waals surface area (Å²) < 4.78 is 11.5. The van der Waals surface area contributed by atoms with E-state index in [0.29, 0.717) is 33.8 Å². The minimum absolute atomic E-state index is 0.128. The molecule has 0 heterocycles. The summed E-state index contributed by atoms with van der Waals surface area (Å²) in [5.74, 6) is 0.574. The van der Waals surface area contributed by atoms with Crippen molar-refractivity contribution in [1.82, 2.24) is 5.32 Å². The van der Waals surface area contributed by atoms with Gasteiger partial charge < -0.3 is 20.1 Å². The molecule has 2 aromatic carbocycles. The number of halogens is 1. The van der Waals surface area contributed by atoms with Gasteiger partial charge in [-0.2, -0.15) is 0 Å². The molecule has 2 N–H and O–H groups in total. The molecule has 0 aliphatic carbocycles. The molecule has 138 valence electrons. The van der Waals surface area contributed by atoms with Crippen LogP contribution >= 0.6 is 15.9 Å². The van der Waals surface area contributed by atoms with Crippen molar-refractivity contribution in [2.45, 2.75) is 13.3 Å². The van der Waals surface area contributed by atoms with Crippen LogP contribution in [0.25, 0.3) is 0 Å². The number of hydrogen-bond acceptors (Lipinski definition) is 4. The monoisotopic (exact) mass is 420 g/mol. The van der Waals surface area contributed by atoms with Gasteiger partial charge in [0.25, 0.3) is 5.91 Å². The summed E-state index contributed by atoms with van der Waals surface area (Å²) in [6.45, 7) is 2.35. The molecule has 26 heavy (non-hydrogen) atoms. The van der Waals surface area contributed by atoms with Gasteiger partial charge in [-0.1, -0.05) is 18.2 Å². The summed E-state index contributed by atoms with van der Waals surface area (Å²) in [6, 6.07) is 10.5. The Balaban J connectivity index is 2.28. The molecular formula is C19H21BrN2O4. The highest BCUT2D eigenvalue weighted by molar-refractivity contribution is 9.10. The van der Waals surface area contributed by atoms with Crippen LogP contribution in [0.1, 0.15) is 22.8 Å². The molecule has 0 spiro atoms. The fraction of sp³-hybridized carbons (Fsp3) is 0.263. The highest BCUT2D eigenvalue weighted by Gasteiger charge is 2.17. The first-order chi connectivity index (χ1) is 12.5. The van der Waals surface area contributed by atoms with Crippen molar-refractivity contribution >= 4 is 33.4 Å². The van der Waals surface area contributed by atoms with E-state index in [4.69, 9.17) is 9.47 Å². The number of carbonyl (C=O) groups is 2. The van der Waals surface area contributed by atoms with Gasteiger partial charge in [-0.05, 0) is 46.6 Å². The minimum atomic E-state index is -0.309. The average Bonchev–Trinajstić information content (AvgIpc) is 2.64. The van der Waals surface area contributed by atoms with Crippen LogP contribution in [0.15, 0.2) is 40.9 Å². The standard InChI is InChI=1S/C19H21BrN2O4/c1-4-26-18-14(20)9-13(10-16(18)25-3)19(24)22-15-8-6-5-7-12(15)11-17(23)21-2/h5-10H,4,11H2,1-3H3,(H,21,23)(H,22,24). The van der Waals surface area contributed by atoms with Crippen LogP contribution in [-0.4, -0.2) is 32.6 Å². The zero-order chi connectivity index (χ0) is 19.1. The van der Waals surface area contributed by atoms with E-state index in [1.54, 1.807) is 37.4 Å². The number of rotatable bonds is 7. The van der Waals surface area contributed by atoms with Gasteiger partial charge in [0.1, 0.15) is 0 Å². The van der Waals surface area contributed by atoms with Crippen LogP contribution in [0.4, 0.5) is 5.69 Å². The minimum Gasteiger partial charge on any atom is -0.493 e. The van der Waals surface area contributed by atoms with Crippen LogP contribution in [0.5, 0.6) is 11.5 Å². The second-order valence-corrected chi connectivity index (χ2v) is 6.24. The lowest BCUT2D eigenvalue weighted by molar-refractivity contribution is -0.119. The topological polar surface area (TPSA) is 76.7 Å². The molecule has 0 aliphatic rings. The zero-order valence-electron chi connectivity index (χ0n) is 14.9. The molecular weight excluding hydrogens is 400 g/mol. The lowest BCUT2D eigenvalue weighted by Crippen LogP contribution is -2.21. The molecule has 2 amide bonds. The van der Waals surface area contributed by atoms with Crippen LogP contribution in [0, 0.1) is 0 Å². The maximum absolute atomic E-state index is 12.7. The first-order valence-electron chi connectivity index (χ1n) is 8.10. The Bertz CT molecular complexity index is 808. The van der Waals surface area contributed by atoms with Gasteiger partial charge in [-0.3, -0.25) is 9.59 Å². The number of carbonyl (C=O) groups excluding carboxylic acids is 2. The number of ether oxygens (including phenoxy) is 2. The van der Waals surface area contributed by atoms with Gasteiger partial charge in [-0.15, -0.1) is 0 Å². The Morgan fingerprint density at radius 1 is 1.19 bits per heavy atom. The van der Waals surface area contributed by atoms with Gasteiger partial charge in [0, 0.05) is 18.3 Å². The van der Waals surface area contributed by atoms with Crippen molar-refractivity contribution in [3.05, 3.63) is 52.0 Å². The van der Waals surface area contributed by atoms with Gasteiger partial charge in [0.15, 0.2) is 11.5 Å². The summed E-state index contributed by atoms with van der Waals surface area (Å²) in [5, 5.41) is 5.43. The predicted molar refractivity (Wildman–Crippen MR) is 104 cm³/mol. The molecule has 2 rings (SSSR count). The van der Waals surface area contributed by atoms with E-state index in [9.17, 15) is 9.59 Å². The summed E-state index contributed by atoms with van der Waals surface area (Å²) >= 11 is 3.41. The third kappa shape index (κ3) is 4.76. The van der Waals surface area contributed by atoms with E-state index in [1.807, 2.05) is 13.0 Å². The zero-order valence-corrected chi connectivity index (χ0v) is 16.5. The number of benzene rings is 2. The second kappa shape index (κ2) is 9.24. The van der Waals surface area contributed by atoms with Crippen LogP contribution in [-0.2, 0) is 11.2 Å². The quantitative estimate of drug-likeness (QED) is 0.719. The summed E-state index contributed by atoms with van der Waals surface area (Å²) in [5.41, 5.74) is 1.73. The van der Waals surface area contributed by atoms with Crippen molar-refractivity contribution in [3.8, 4) is 11.5 Å². The lowest BCUT2D eigenvalue weighted by atomic mass is 10.1. The number of anilines is 1. The number of likely N-dealkylation sites (N-methyl/N-ethyl adjacent to an activating group) is 1. The Morgan fingerprint density at radius 2 is 1.92 bits per heavy atom. The molecule has 2 aromatic rings. The average molecular weight is 421 g/mol. The molecule has 0 aliphatic heterocycles. The molecule has 0 saturated heterocycles. The Hall–Kier alpha value is -2.54. The van der Waals surface area contributed by atoms with Crippen molar-refractivity contribution in [2.75, 3.05) is 26.1 Å². The fourth-order valence-electron chi connectivity index (χ4n) is 2.39. The summed E-state index contributed by atoms with van der Waals surface area (Å²) in [6.07, 6.45) is 0.184. The Labute approximate surface area is 161 Å². The maximum atomic E-state index is 12.7. The van der Waals surface area contributed by atoms with E-state index in [1.165, 1.54) is 7.11 Å². The van der Waals surface area contributed by atoms with Crippen LogP contribution in [0.3, 0.4) is 0 Å². The van der Waals surface area contributed by atoms with Gasteiger partial charge in [0.05, 0.1) is 24.6 Å². The van der Waals surface area contributed by atoms with Gasteiger partial charge in [0.2, 0.25) is 5.91 Å². The number of methoxy groups -OCH3 is 1. The van der Waals surface area contributed by atoms with Crippen molar-refractivity contribution < 1.29 is 19.1 Å². The van der Waals surface area contributed by atoms with Crippen molar-refractivity contribution in [3.63, 3.8) is 0 Å². The first kappa shape index (κ1) is 19.8. The molecule has 0 radical (unpaired) electrons. The molecule has 0 fully saturated rings. The Morgan fingerprint density at radius 3 is 2.58 bits per heavy atom. The smallest absolute Gasteiger partial charge is 0.255 e. The van der Waals surface area contributed by atoms with Gasteiger partial charge in [-0.25, -0.2) is 0 Å². The number of nitrogens with one attached hydrogen (secondary N) is 2. The largest absolute Gasteiger partial charge is 0.493 e. The van der Waals surface area contributed by atoms with E-state index in [2.05, 4.69) is 26.6 Å². The molecule has 0 bridgehead atoms. The van der Waals surface area contributed by atoms with E-state index in [-0.39, 0.29) is 18.2 Å². The molecule has 7 heteroatoms. The highest BCUT2D eigenvalue weighted by Crippen LogP contribution is 2.36. The van der Waals surface area contributed by atoms with E-state index >= 15 is 0 Å². The van der Waals surface area contributed by atoms with Crippen LogP contribution in [0.2, 0.25) is 0 Å². The van der Waals surface area contributed by atoms with E-state index in [0.717, 1.165) is 5.56 Å². The predicted octanol–water partition coefficient (Wildman–Crippen LogP) is 3.40. The number of amides is 2. The number of hydrogen-bond donors (Lipinski definition) is 2. The Kier molecular flexibility index (Phi) is 7.03. The summed E-state index contributed by atoms with van der Waals surface area (Å²) in [7, 11) is 3.10. The molecule has 0 saturated carbocycles. The summed E-state index contributed by atoms with van der Waals surface area (Å²) in [4.78, 5) is 24.3. The van der Waals surface area contributed by atoms with Crippen molar-refractivity contribution in [2.24, 2.45) is 0 Å². The first-order valence-corrected chi connectivity index (χ1v) is 8.89. The molecule has 0 unspecified atom stereocenters. The lowest BCUT2D eigenvalue weighted by Gasteiger charge is -2.14. The van der Waals surface area contributed by atoms with Gasteiger partial charge >= 0.3 is 0 Å². The fourth-order valence-corrected chi connectivity index (χ4v) is 2.94. The molecule has 6 nitrogen and oxygen atoms in total. The maximum Gasteiger partial charge on any atom is 0.255 e. The second-order valence-electron chi connectivity index (χ2n) is 5.38. The SMILES string of the molecule is CCOc1c(Br)cc(C(=O)Nc2ccccc2CC(=O)NC)cc1OC. The third-order valence-electron chi connectivity index (χ3n) is 3.68. The number of para-hydroxylation sites is 1. The highest BCUT2D eigenvalue weighted by atomic mass is 79.9. The van der Waals surface area contributed by atoms with Crippen LogP contribution < -0.4 is 20.1 Å². The molecule has 0 aromatic heterocycles. The van der Waals surface area contributed by atoms with E-state index < -0.39 is 0 Å². The third-order valence-corrected chi connectivity index (χ3v) is 4.26. The van der Waals surface area contributed by atoms with Crippen molar-refractivity contribution in [1.29, 1.82) is 0 Å².